The van der Waals surface area contributed by atoms with Gasteiger partial charge in [-0.1, -0.05) is 18.2 Å². The summed E-state index contributed by atoms with van der Waals surface area (Å²) in [4.78, 5) is 16.9. The number of hydrogen-bond acceptors (Lipinski definition) is 6. The van der Waals surface area contributed by atoms with Crippen LogP contribution < -0.4 is 10.2 Å². The van der Waals surface area contributed by atoms with E-state index in [2.05, 4.69) is 19.9 Å². The highest BCUT2D eigenvalue weighted by atomic mass is 19.3. The van der Waals surface area contributed by atoms with Crippen LogP contribution in [0.2, 0.25) is 0 Å². The molecule has 0 aliphatic carbocycles. The van der Waals surface area contributed by atoms with Gasteiger partial charge in [0.15, 0.2) is 11.5 Å². The number of halogens is 3. The summed E-state index contributed by atoms with van der Waals surface area (Å²) in [5.74, 6) is -0.994. The molecule has 0 amide bonds. The Bertz CT molecular complexity index is 1400. The first-order chi connectivity index (χ1) is 16.5. The van der Waals surface area contributed by atoms with Crippen LogP contribution >= 0.6 is 0 Å². The fourth-order valence-corrected chi connectivity index (χ4v) is 3.17. The quantitative estimate of drug-likeness (QED) is 0.391. The van der Waals surface area contributed by atoms with Crippen molar-refractivity contribution in [3.63, 3.8) is 0 Å². The lowest BCUT2D eigenvalue weighted by Gasteiger charge is -2.12. The molecular formula is C23H17F3N6O2. The van der Waals surface area contributed by atoms with Crippen LogP contribution in [0.25, 0.3) is 11.4 Å². The normalized spacial score (nSPS) is 11.6. The molecule has 0 atom stereocenters. The predicted molar refractivity (Wildman–Crippen MR) is 120 cm³/mol. The van der Waals surface area contributed by atoms with E-state index in [9.17, 15) is 13.6 Å². The number of aromatic nitrogens is 4. The molecule has 0 spiro atoms. The number of aliphatic imine (C=N–C) groups is 1. The Morgan fingerprint density at radius 1 is 1.15 bits per heavy atom. The first kappa shape index (κ1) is 22.6. The average molecular weight is 466 g/mol. The molecule has 0 unspecified atom stereocenters. The third-order valence-electron chi connectivity index (χ3n) is 4.64. The number of benzene rings is 2. The monoisotopic (exact) mass is 466 g/mol. The molecule has 0 saturated carbocycles. The molecule has 2 aromatic carbocycles. The number of nitrogens with one attached hydrogen (secondary N) is 1. The molecule has 0 aliphatic rings. The van der Waals surface area contributed by atoms with Crippen molar-refractivity contribution in [3.05, 3.63) is 94.8 Å². The fraction of sp³-hybridized carbons (Fsp3) is 0.0870. The number of rotatable bonds is 8. The van der Waals surface area contributed by atoms with E-state index < -0.39 is 17.9 Å². The molecule has 1 N–H and O–H groups in total. The van der Waals surface area contributed by atoms with Crippen molar-refractivity contribution >= 4 is 17.6 Å². The van der Waals surface area contributed by atoms with Crippen molar-refractivity contribution in [2.45, 2.75) is 13.0 Å². The standard InChI is InChI=1S/C23H17F3N6O2/c24-17-14-16(32-21(9-12-28-32)34-23(25)26)6-7-19(17)31-13-10-20(33)22(30-31)18(8-11-27)29-15-4-2-1-3-5-15/h1-7,9-14,23,27H,8H2. The van der Waals surface area contributed by atoms with Gasteiger partial charge in [0, 0.05) is 37.0 Å². The molecule has 0 saturated heterocycles. The summed E-state index contributed by atoms with van der Waals surface area (Å²) < 4.78 is 46.8. The van der Waals surface area contributed by atoms with Gasteiger partial charge in [-0.15, -0.1) is 0 Å². The summed E-state index contributed by atoms with van der Waals surface area (Å²) in [6.45, 7) is -3.06. The van der Waals surface area contributed by atoms with E-state index in [-0.39, 0.29) is 35.1 Å². The van der Waals surface area contributed by atoms with E-state index in [0.717, 1.165) is 17.0 Å². The average Bonchev–Trinajstić information content (AvgIpc) is 3.27. The molecule has 2 heterocycles. The molecule has 11 heteroatoms. The van der Waals surface area contributed by atoms with E-state index >= 15 is 4.39 Å². The van der Waals surface area contributed by atoms with Crippen LogP contribution in [-0.2, 0) is 0 Å². The van der Waals surface area contributed by atoms with Crippen LogP contribution in [0.4, 0.5) is 18.9 Å². The predicted octanol–water partition coefficient (Wildman–Crippen LogP) is 4.32. The molecule has 0 bridgehead atoms. The zero-order valence-corrected chi connectivity index (χ0v) is 17.5. The minimum Gasteiger partial charge on any atom is -0.417 e. The summed E-state index contributed by atoms with van der Waals surface area (Å²) in [6.07, 6.45) is 3.69. The van der Waals surface area contributed by atoms with Gasteiger partial charge in [-0.2, -0.15) is 19.0 Å². The summed E-state index contributed by atoms with van der Waals surface area (Å²) in [5, 5.41) is 15.6. The van der Waals surface area contributed by atoms with Gasteiger partial charge in [0.25, 0.3) is 0 Å². The van der Waals surface area contributed by atoms with Crippen molar-refractivity contribution in [2.24, 2.45) is 4.99 Å². The summed E-state index contributed by atoms with van der Waals surface area (Å²) in [7, 11) is 0. The maximum atomic E-state index is 15.0. The van der Waals surface area contributed by atoms with Crippen LogP contribution in [0.3, 0.4) is 0 Å². The Hall–Kier alpha value is -4.54. The minimum absolute atomic E-state index is 0.00222. The van der Waals surface area contributed by atoms with Crippen molar-refractivity contribution < 1.29 is 17.9 Å². The van der Waals surface area contributed by atoms with Crippen molar-refractivity contribution in [3.8, 4) is 17.3 Å². The van der Waals surface area contributed by atoms with Crippen molar-refractivity contribution in [2.75, 3.05) is 0 Å². The van der Waals surface area contributed by atoms with Gasteiger partial charge in [0.05, 0.1) is 23.3 Å². The van der Waals surface area contributed by atoms with Gasteiger partial charge >= 0.3 is 6.61 Å². The number of para-hydroxylation sites is 1. The molecule has 4 aromatic rings. The molecule has 2 aromatic heterocycles. The molecular weight excluding hydrogens is 449 g/mol. The van der Waals surface area contributed by atoms with E-state index in [0.29, 0.717) is 5.69 Å². The Balaban J connectivity index is 1.73. The highest BCUT2D eigenvalue weighted by Crippen LogP contribution is 2.22. The largest absolute Gasteiger partial charge is 0.417 e. The smallest absolute Gasteiger partial charge is 0.388 e. The molecule has 0 radical (unpaired) electrons. The van der Waals surface area contributed by atoms with E-state index in [1.54, 1.807) is 24.3 Å². The first-order valence-electron chi connectivity index (χ1n) is 9.97. The third kappa shape index (κ3) is 4.93. The summed E-state index contributed by atoms with van der Waals surface area (Å²) >= 11 is 0. The fourth-order valence-electron chi connectivity index (χ4n) is 3.17. The van der Waals surface area contributed by atoms with Crippen molar-refractivity contribution in [1.29, 1.82) is 5.41 Å². The second-order valence-corrected chi connectivity index (χ2v) is 6.87. The molecule has 172 valence electrons. The number of hydrogen-bond donors (Lipinski definition) is 1. The van der Waals surface area contributed by atoms with Gasteiger partial charge in [-0.25, -0.2) is 13.8 Å². The maximum absolute atomic E-state index is 15.0. The molecule has 4 rings (SSSR count). The highest BCUT2D eigenvalue weighted by Gasteiger charge is 2.16. The van der Waals surface area contributed by atoms with E-state index in [1.807, 2.05) is 6.07 Å². The van der Waals surface area contributed by atoms with Crippen LogP contribution in [0.15, 0.2) is 82.8 Å². The second kappa shape index (κ2) is 9.94. The lowest BCUT2D eigenvalue weighted by Crippen LogP contribution is -2.22. The van der Waals surface area contributed by atoms with Crippen molar-refractivity contribution in [1.82, 2.24) is 19.6 Å². The molecule has 8 nitrogen and oxygen atoms in total. The first-order valence-corrected chi connectivity index (χ1v) is 9.97. The van der Waals surface area contributed by atoms with Crippen LogP contribution in [-0.4, -0.2) is 38.1 Å². The maximum Gasteiger partial charge on any atom is 0.388 e. The molecule has 34 heavy (non-hydrogen) atoms. The summed E-state index contributed by atoms with van der Waals surface area (Å²) in [5.41, 5.74) is 0.518. The lowest BCUT2D eigenvalue weighted by molar-refractivity contribution is -0.0544. The van der Waals surface area contributed by atoms with Gasteiger partial charge in [0.2, 0.25) is 11.3 Å². The zero-order chi connectivity index (χ0) is 24.1. The number of nitrogens with zero attached hydrogens (tertiary/aromatic N) is 5. The van der Waals surface area contributed by atoms with E-state index in [1.165, 1.54) is 41.3 Å². The molecule has 0 fully saturated rings. The number of ether oxygens (including phenoxy) is 1. The second-order valence-electron chi connectivity index (χ2n) is 6.87. The Morgan fingerprint density at radius 2 is 1.94 bits per heavy atom. The van der Waals surface area contributed by atoms with Crippen LogP contribution in [0.5, 0.6) is 5.88 Å². The zero-order valence-electron chi connectivity index (χ0n) is 17.5. The SMILES string of the molecule is N=CCC(=Nc1ccccc1)c1nn(-c2ccc(-n3nccc3OC(F)F)cc2F)ccc1=O. The lowest BCUT2D eigenvalue weighted by atomic mass is 10.2. The van der Waals surface area contributed by atoms with Gasteiger partial charge in [-0.05, 0) is 24.3 Å². The van der Waals surface area contributed by atoms with Gasteiger partial charge in [-0.3, -0.25) is 9.79 Å². The highest BCUT2D eigenvalue weighted by molar-refractivity contribution is 6.06. The van der Waals surface area contributed by atoms with Crippen LogP contribution in [0, 0.1) is 11.2 Å². The molecule has 0 aliphatic heterocycles. The van der Waals surface area contributed by atoms with E-state index in [4.69, 9.17) is 5.41 Å². The third-order valence-corrected chi connectivity index (χ3v) is 4.64. The Labute approximate surface area is 191 Å². The van der Waals surface area contributed by atoms with Gasteiger partial charge in [0.1, 0.15) is 5.69 Å². The summed E-state index contributed by atoms with van der Waals surface area (Å²) in [6, 6.07) is 15.2. The van der Waals surface area contributed by atoms with Gasteiger partial charge < -0.3 is 10.1 Å². The number of alkyl halides is 2. The minimum atomic E-state index is -3.06. The Kier molecular flexibility index (Phi) is 6.62. The van der Waals surface area contributed by atoms with Crippen LogP contribution in [0.1, 0.15) is 12.1 Å². The Morgan fingerprint density at radius 3 is 2.65 bits per heavy atom. The topological polar surface area (TPSA) is 98.2 Å².